The van der Waals surface area contributed by atoms with Crippen LogP contribution in [0.5, 0.6) is 0 Å². The Hall–Kier alpha value is -2.40. The number of pyridine rings is 1. The van der Waals surface area contributed by atoms with E-state index >= 15 is 0 Å². The van der Waals surface area contributed by atoms with Crippen LogP contribution in [0, 0.1) is 5.92 Å². The van der Waals surface area contributed by atoms with Gasteiger partial charge in [-0.05, 0) is 42.9 Å². The van der Waals surface area contributed by atoms with E-state index in [0.29, 0.717) is 6.54 Å². The molecule has 5 nitrogen and oxygen atoms in total. The minimum Gasteiger partial charge on any atom is -0.357 e. The smallest absolute Gasteiger partial charge is 0.244 e. The van der Waals surface area contributed by atoms with Crippen molar-refractivity contribution in [3.63, 3.8) is 0 Å². The monoisotopic (exact) mass is 352 g/mol. The van der Waals surface area contributed by atoms with E-state index in [-0.39, 0.29) is 5.91 Å². The van der Waals surface area contributed by atoms with Gasteiger partial charge in [-0.2, -0.15) is 0 Å². The van der Waals surface area contributed by atoms with Gasteiger partial charge in [0.15, 0.2) is 0 Å². The van der Waals surface area contributed by atoms with Crippen molar-refractivity contribution in [2.24, 2.45) is 11.7 Å². The van der Waals surface area contributed by atoms with Crippen LogP contribution in [-0.2, 0) is 16.9 Å². The van der Waals surface area contributed by atoms with E-state index in [0.717, 1.165) is 36.0 Å². The third kappa shape index (κ3) is 4.22. The van der Waals surface area contributed by atoms with Crippen molar-refractivity contribution >= 4 is 11.7 Å². The van der Waals surface area contributed by atoms with Gasteiger partial charge in [-0.3, -0.25) is 4.79 Å². The number of aromatic nitrogens is 1. The van der Waals surface area contributed by atoms with Crippen LogP contribution < -0.4 is 16.0 Å². The molecule has 1 atom stereocenters. The van der Waals surface area contributed by atoms with Gasteiger partial charge in [0.05, 0.1) is 0 Å². The van der Waals surface area contributed by atoms with E-state index in [4.69, 9.17) is 5.73 Å². The van der Waals surface area contributed by atoms with E-state index < -0.39 is 5.54 Å². The molecule has 1 aliphatic rings. The maximum atomic E-state index is 12.5. The Morgan fingerprint density at radius 2 is 1.92 bits per heavy atom. The molecule has 1 saturated heterocycles. The van der Waals surface area contributed by atoms with E-state index in [2.05, 4.69) is 22.1 Å². The van der Waals surface area contributed by atoms with Crippen LogP contribution in [0.1, 0.15) is 37.8 Å². The van der Waals surface area contributed by atoms with Crippen molar-refractivity contribution in [1.82, 2.24) is 10.3 Å². The third-order valence-electron chi connectivity index (χ3n) is 5.21. The lowest BCUT2D eigenvalue weighted by Crippen LogP contribution is -2.48. The molecule has 0 aliphatic carbocycles. The van der Waals surface area contributed by atoms with Gasteiger partial charge in [-0.15, -0.1) is 0 Å². The lowest BCUT2D eigenvalue weighted by Gasteiger charge is -2.31. The Morgan fingerprint density at radius 3 is 2.54 bits per heavy atom. The number of benzene rings is 1. The Bertz CT molecular complexity index is 719. The van der Waals surface area contributed by atoms with Crippen LogP contribution in [0.25, 0.3) is 0 Å². The number of nitrogens with two attached hydrogens (primary N) is 1. The molecular weight excluding hydrogens is 324 g/mol. The first-order valence-electron chi connectivity index (χ1n) is 9.29. The number of hydrogen-bond donors (Lipinski definition) is 2. The first-order chi connectivity index (χ1) is 12.5. The molecule has 0 bridgehead atoms. The molecule has 3 rings (SSSR count). The average molecular weight is 352 g/mol. The third-order valence-corrected chi connectivity index (χ3v) is 5.21. The zero-order chi connectivity index (χ0) is 18.6. The highest BCUT2D eigenvalue weighted by atomic mass is 16.2. The zero-order valence-electron chi connectivity index (χ0n) is 15.6. The quantitative estimate of drug-likeness (QED) is 0.868. The average Bonchev–Trinajstić information content (AvgIpc) is 2.68. The second-order valence-corrected chi connectivity index (χ2v) is 7.45. The first-order valence-corrected chi connectivity index (χ1v) is 9.29. The lowest BCUT2D eigenvalue weighted by atomic mass is 9.92. The minimum atomic E-state index is -1.06. The lowest BCUT2D eigenvalue weighted by molar-refractivity contribution is -0.126. The summed E-state index contributed by atoms with van der Waals surface area (Å²) in [5.41, 5.74) is 6.95. The number of nitrogens with zero attached hydrogens (tertiary/aromatic N) is 2. The summed E-state index contributed by atoms with van der Waals surface area (Å²) in [4.78, 5) is 19.4. The minimum absolute atomic E-state index is 0.196. The number of nitrogens with one attached hydrogen (secondary N) is 1. The molecule has 5 heteroatoms. The van der Waals surface area contributed by atoms with Crippen molar-refractivity contribution in [3.8, 4) is 0 Å². The number of carbonyl (C=O) groups is 1. The zero-order valence-corrected chi connectivity index (χ0v) is 15.6. The van der Waals surface area contributed by atoms with Crippen LogP contribution in [0.2, 0.25) is 0 Å². The first kappa shape index (κ1) is 18.4. The van der Waals surface area contributed by atoms with Crippen molar-refractivity contribution in [2.75, 3.05) is 18.0 Å². The molecule has 2 heterocycles. The van der Waals surface area contributed by atoms with Crippen LogP contribution in [-0.4, -0.2) is 24.0 Å². The summed E-state index contributed by atoms with van der Waals surface area (Å²) in [5.74, 6) is 1.62. The van der Waals surface area contributed by atoms with Crippen LogP contribution in [0.15, 0.2) is 48.7 Å². The Balaban J connectivity index is 1.57. The predicted octanol–water partition coefficient (Wildman–Crippen LogP) is 2.81. The van der Waals surface area contributed by atoms with Gasteiger partial charge in [0.2, 0.25) is 5.91 Å². The molecule has 138 valence electrons. The predicted molar refractivity (Wildman–Crippen MR) is 105 cm³/mol. The number of carbonyl (C=O) groups excluding carboxylic acids is 1. The van der Waals surface area contributed by atoms with E-state index in [1.165, 1.54) is 12.8 Å². The van der Waals surface area contributed by atoms with Crippen molar-refractivity contribution in [1.29, 1.82) is 0 Å². The number of amides is 1. The van der Waals surface area contributed by atoms with E-state index in [9.17, 15) is 4.79 Å². The topological polar surface area (TPSA) is 71.2 Å². The summed E-state index contributed by atoms with van der Waals surface area (Å²) >= 11 is 0. The SMILES string of the molecule is CC1CCN(c2ccc(CNC(=O)C(C)(N)c3ccccc3)cn2)CC1. The summed E-state index contributed by atoms with van der Waals surface area (Å²) in [6.07, 6.45) is 4.27. The molecule has 0 radical (unpaired) electrons. The van der Waals surface area contributed by atoms with Crippen molar-refractivity contribution in [2.45, 2.75) is 38.8 Å². The molecule has 1 amide bonds. The number of anilines is 1. The van der Waals surface area contributed by atoms with E-state index in [1.54, 1.807) is 6.92 Å². The summed E-state index contributed by atoms with van der Waals surface area (Å²) in [6, 6.07) is 13.5. The standard InChI is InChI=1S/C21H28N4O/c1-16-10-12-25(13-11-16)19-9-8-17(14-23-19)15-24-20(26)21(2,22)18-6-4-3-5-7-18/h3-9,14,16H,10-13,15,22H2,1-2H3,(H,24,26). The van der Waals surface area contributed by atoms with Crippen LogP contribution in [0.3, 0.4) is 0 Å². The summed E-state index contributed by atoms with van der Waals surface area (Å²) in [7, 11) is 0. The molecule has 26 heavy (non-hydrogen) atoms. The summed E-state index contributed by atoms with van der Waals surface area (Å²) < 4.78 is 0. The van der Waals surface area contributed by atoms with Crippen LogP contribution in [0.4, 0.5) is 5.82 Å². The molecule has 1 aliphatic heterocycles. The van der Waals surface area contributed by atoms with Gasteiger partial charge in [-0.25, -0.2) is 4.98 Å². The molecule has 1 unspecified atom stereocenters. The summed E-state index contributed by atoms with van der Waals surface area (Å²) in [6.45, 7) is 6.58. The maximum absolute atomic E-state index is 12.5. The fraction of sp³-hybridized carbons (Fsp3) is 0.429. The molecule has 1 fully saturated rings. The molecule has 1 aromatic carbocycles. The van der Waals surface area contributed by atoms with Gasteiger partial charge in [0, 0.05) is 25.8 Å². The molecule has 0 saturated carbocycles. The van der Waals surface area contributed by atoms with Crippen LogP contribution >= 0.6 is 0 Å². The largest absolute Gasteiger partial charge is 0.357 e. The van der Waals surface area contributed by atoms with Gasteiger partial charge in [0.25, 0.3) is 0 Å². The number of hydrogen-bond acceptors (Lipinski definition) is 4. The second-order valence-electron chi connectivity index (χ2n) is 7.45. The van der Waals surface area contributed by atoms with Gasteiger partial charge >= 0.3 is 0 Å². The Kier molecular flexibility index (Phi) is 5.57. The molecule has 3 N–H and O–H groups in total. The van der Waals surface area contributed by atoms with Gasteiger partial charge in [0.1, 0.15) is 11.4 Å². The van der Waals surface area contributed by atoms with Gasteiger partial charge in [-0.1, -0.05) is 43.3 Å². The highest BCUT2D eigenvalue weighted by Crippen LogP contribution is 2.21. The molecule has 1 aromatic heterocycles. The van der Waals surface area contributed by atoms with Crippen molar-refractivity contribution in [3.05, 3.63) is 59.8 Å². The van der Waals surface area contributed by atoms with E-state index in [1.807, 2.05) is 48.7 Å². The fourth-order valence-electron chi connectivity index (χ4n) is 3.23. The highest BCUT2D eigenvalue weighted by molar-refractivity contribution is 5.86. The fourth-order valence-corrected chi connectivity index (χ4v) is 3.23. The number of rotatable bonds is 5. The maximum Gasteiger partial charge on any atom is 0.244 e. The molecular formula is C21H28N4O. The van der Waals surface area contributed by atoms with Gasteiger partial charge < -0.3 is 16.0 Å². The second kappa shape index (κ2) is 7.87. The summed E-state index contributed by atoms with van der Waals surface area (Å²) in [5, 5.41) is 2.92. The molecule has 0 spiro atoms. The molecule has 2 aromatic rings. The Labute approximate surface area is 155 Å². The normalized spacial score (nSPS) is 17.6. The number of piperidine rings is 1. The van der Waals surface area contributed by atoms with Crippen molar-refractivity contribution < 1.29 is 4.79 Å². The highest BCUT2D eigenvalue weighted by Gasteiger charge is 2.30. The Morgan fingerprint density at radius 1 is 1.23 bits per heavy atom.